The molecule has 3 heterocycles. The van der Waals surface area contributed by atoms with E-state index in [2.05, 4.69) is 15.3 Å². The van der Waals surface area contributed by atoms with E-state index >= 15 is 0 Å². The molecular formula is C19H28N4O2. The largest absolute Gasteiger partial charge is 0.381 e. The fourth-order valence-electron chi connectivity index (χ4n) is 4.72. The predicted octanol–water partition coefficient (Wildman–Crippen LogP) is 2.97. The number of hydrogen-bond donors (Lipinski definition) is 1. The van der Waals surface area contributed by atoms with Gasteiger partial charge in [0.05, 0.1) is 12.3 Å². The molecule has 6 heteroatoms. The number of aryl methyl sites for hydroxylation is 1. The second-order valence-corrected chi connectivity index (χ2v) is 8.40. The Kier molecular flexibility index (Phi) is 3.77. The van der Waals surface area contributed by atoms with Crippen molar-refractivity contribution >= 4 is 11.8 Å². The summed E-state index contributed by atoms with van der Waals surface area (Å²) in [7, 11) is 1.91. The summed E-state index contributed by atoms with van der Waals surface area (Å²) in [5.74, 6) is 3.57. The third kappa shape index (κ3) is 2.94. The molecule has 4 fully saturated rings. The second kappa shape index (κ2) is 6.01. The van der Waals surface area contributed by atoms with Crippen molar-refractivity contribution in [2.45, 2.75) is 50.5 Å². The van der Waals surface area contributed by atoms with E-state index in [4.69, 9.17) is 4.74 Å². The lowest BCUT2D eigenvalue weighted by Gasteiger charge is -2.49. The van der Waals surface area contributed by atoms with Gasteiger partial charge in [-0.1, -0.05) is 0 Å². The summed E-state index contributed by atoms with van der Waals surface area (Å²) < 4.78 is 7.37. The summed E-state index contributed by atoms with van der Waals surface area (Å²) in [6.07, 6.45) is 7.55. The normalized spacial score (nSPS) is 32.4. The van der Waals surface area contributed by atoms with E-state index < -0.39 is 0 Å². The molecule has 2 aliphatic carbocycles. The standard InChI is InChI=1S/C19H28N4O2/c1-22-17(9-16(21-22)14-3-2-8-25-11-14)20-19(24)23-10-15(12-4-5-12)18(23)13-6-7-13/h9,12-15,18H,2-8,10-11H2,1H3,(H,20,24). The summed E-state index contributed by atoms with van der Waals surface area (Å²) >= 11 is 0. The third-order valence-corrected chi connectivity index (χ3v) is 6.51. The molecule has 4 aliphatic rings. The van der Waals surface area contributed by atoms with Gasteiger partial charge >= 0.3 is 6.03 Å². The Balaban J connectivity index is 1.25. The number of amides is 2. The Bertz CT molecular complexity index is 658. The average molecular weight is 344 g/mol. The Labute approximate surface area is 148 Å². The summed E-state index contributed by atoms with van der Waals surface area (Å²) in [5.41, 5.74) is 1.04. The first-order valence-corrected chi connectivity index (χ1v) is 9.90. The molecule has 2 aliphatic heterocycles. The van der Waals surface area contributed by atoms with Crippen LogP contribution in [0.2, 0.25) is 0 Å². The molecule has 0 radical (unpaired) electrons. The molecule has 2 saturated carbocycles. The van der Waals surface area contributed by atoms with Crippen LogP contribution in [-0.4, -0.2) is 46.5 Å². The molecule has 0 aromatic carbocycles. The molecule has 1 aromatic rings. The van der Waals surface area contributed by atoms with E-state index in [1.54, 1.807) is 4.68 Å². The highest BCUT2D eigenvalue weighted by Crippen LogP contribution is 2.52. The van der Waals surface area contributed by atoms with Crippen molar-refractivity contribution in [3.63, 3.8) is 0 Å². The Morgan fingerprint density at radius 1 is 1.24 bits per heavy atom. The molecule has 0 spiro atoms. The van der Waals surface area contributed by atoms with Gasteiger partial charge in [-0.15, -0.1) is 0 Å². The van der Waals surface area contributed by atoms with Crippen LogP contribution in [0.4, 0.5) is 10.6 Å². The molecule has 1 N–H and O–H groups in total. The van der Waals surface area contributed by atoms with Gasteiger partial charge in [-0.25, -0.2) is 4.79 Å². The van der Waals surface area contributed by atoms with E-state index in [1.165, 1.54) is 25.7 Å². The van der Waals surface area contributed by atoms with Gasteiger partial charge in [-0.05, 0) is 50.4 Å². The maximum absolute atomic E-state index is 12.8. The average Bonchev–Trinajstić information content (AvgIpc) is 3.50. The maximum atomic E-state index is 12.8. The monoisotopic (exact) mass is 344 g/mol. The number of likely N-dealkylation sites (tertiary alicyclic amines) is 1. The van der Waals surface area contributed by atoms with Crippen LogP contribution in [0.1, 0.15) is 50.1 Å². The smallest absolute Gasteiger partial charge is 0.323 e. The van der Waals surface area contributed by atoms with Gasteiger partial charge in [0.15, 0.2) is 0 Å². The van der Waals surface area contributed by atoms with Crippen molar-refractivity contribution in [3.8, 4) is 0 Å². The van der Waals surface area contributed by atoms with Gasteiger partial charge in [0.1, 0.15) is 5.82 Å². The van der Waals surface area contributed by atoms with Crippen molar-refractivity contribution < 1.29 is 9.53 Å². The highest BCUT2D eigenvalue weighted by atomic mass is 16.5. The maximum Gasteiger partial charge on any atom is 0.323 e. The van der Waals surface area contributed by atoms with Crippen LogP contribution in [-0.2, 0) is 11.8 Å². The molecule has 2 saturated heterocycles. The van der Waals surface area contributed by atoms with Gasteiger partial charge < -0.3 is 9.64 Å². The molecule has 6 nitrogen and oxygen atoms in total. The number of rotatable bonds is 4. The molecule has 1 aromatic heterocycles. The fraction of sp³-hybridized carbons (Fsp3) is 0.789. The van der Waals surface area contributed by atoms with E-state index in [0.717, 1.165) is 61.9 Å². The first-order valence-electron chi connectivity index (χ1n) is 9.90. The molecule has 136 valence electrons. The number of nitrogens with one attached hydrogen (secondary N) is 1. The number of anilines is 1. The third-order valence-electron chi connectivity index (χ3n) is 6.51. The number of nitrogens with zero attached hydrogens (tertiary/aromatic N) is 3. The SMILES string of the molecule is Cn1nc(C2CCCOC2)cc1NC(=O)N1CC(C2CC2)C1C1CC1. The van der Waals surface area contributed by atoms with Crippen molar-refractivity contribution in [1.82, 2.24) is 14.7 Å². The lowest BCUT2D eigenvalue weighted by atomic mass is 9.81. The molecule has 0 bridgehead atoms. The number of carbonyl (C=O) groups is 1. The van der Waals surface area contributed by atoms with Gasteiger partial charge in [-0.2, -0.15) is 5.10 Å². The highest BCUT2D eigenvalue weighted by Gasteiger charge is 2.54. The number of ether oxygens (including phenoxy) is 1. The van der Waals surface area contributed by atoms with E-state index in [9.17, 15) is 4.79 Å². The minimum absolute atomic E-state index is 0.0586. The number of aromatic nitrogens is 2. The minimum atomic E-state index is 0.0586. The van der Waals surface area contributed by atoms with Gasteiger partial charge in [-0.3, -0.25) is 10.00 Å². The quantitative estimate of drug-likeness (QED) is 0.913. The van der Waals surface area contributed by atoms with E-state index in [0.29, 0.717) is 12.0 Å². The van der Waals surface area contributed by atoms with Gasteiger partial charge in [0.2, 0.25) is 0 Å². The molecule has 5 rings (SSSR count). The Morgan fingerprint density at radius 2 is 2.04 bits per heavy atom. The topological polar surface area (TPSA) is 59.4 Å². The van der Waals surface area contributed by atoms with Crippen molar-refractivity contribution in [1.29, 1.82) is 0 Å². The highest BCUT2D eigenvalue weighted by molar-refractivity contribution is 5.89. The predicted molar refractivity (Wildman–Crippen MR) is 94.5 cm³/mol. The van der Waals surface area contributed by atoms with Crippen LogP contribution in [0.25, 0.3) is 0 Å². The first-order chi connectivity index (χ1) is 12.2. The second-order valence-electron chi connectivity index (χ2n) is 8.40. The number of carbonyl (C=O) groups excluding carboxylic acids is 1. The summed E-state index contributed by atoms with van der Waals surface area (Å²) in [5, 5.41) is 7.72. The Morgan fingerprint density at radius 3 is 2.72 bits per heavy atom. The molecule has 25 heavy (non-hydrogen) atoms. The van der Waals surface area contributed by atoms with Crippen LogP contribution in [0, 0.1) is 17.8 Å². The summed E-state index contributed by atoms with van der Waals surface area (Å²) in [4.78, 5) is 14.9. The lowest BCUT2D eigenvalue weighted by Crippen LogP contribution is -2.61. The molecular weight excluding hydrogens is 316 g/mol. The summed E-state index contributed by atoms with van der Waals surface area (Å²) in [6.45, 7) is 2.54. The lowest BCUT2D eigenvalue weighted by molar-refractivity contribution is 0.0289. The van der Waals surface area contributed by atoms with Crippen LogP contribution in [0.3, 0.4) is 0 Å². The van der Waals surface area contributed by atoms with Crippen molar-refractivity contribution in [3.05, 3.63) is 11.8 Å². The van der Waals surface area contributed by atoms with Crippen molar-refractivity contribution in [2.75, 3.05) is 25.1 Å². The van der Waals surface area contributed by atoms with Gasteiger partial charge in [0.25, 0.3) is 0 Å². The van der Waals surface area contributed by atoms with Gasteiger partial charge in [0, 0.05) is 44.1 Å². The minimum Gasteiger partial charge on any atom is -0.381 e. The molecule has 3 atom stereocenters. The van der Waals surface area contributed by atoms with Crippen LogP contribution in [0.15, 0.2) is 6.07 Å². The van der Waals surface area contributed by atoms with E-state index in [1.807, 2.05) is 13.1 Å². The fourth-order valence-corrected chi connectivity index (χ4v) is 4.72. The van der Waals surface area contributed by atoms with Crippen LogP contribution >= 0.6 is 0 Å². The zero-order valence-corrected chi connectivity index (χ0v) is 15.0. The summed E-state index contributed by atoms with van der Waals surface area (Å²) in [6, 6.07) is 2.58. The van der Waals surface area contributed by atoms with E-state index in [-0.39, 0.29) is 6.03 Å². The van der Waals surface area contributed by atoms with Crippen LogP contribution in [0.5, 0.6) is 0 Å². The number of urea groups is 1. The Hall–Kier alpha value is -1.56. The first kappa shape index (κ1) is 15.7. The molecule has 2 amide bonds. The zero-order valence-electron chi connectivity index (χ0n) is 15.0. The van der Waals surface area contributed by atoms with Crippen LogP contribution < -0.4 is 5.32 Å². The molecule has 3 unspecified atom stereocenters. The van der Waals surface area contributed by atoms with Crippen molar-refractivity contribution in [2.24, 2.45) is 24.8 Å². The zero-order chi connectivity index (χ0) is 17.0. The number of hydrogen-bond acceptors (Lipinski definition) is 3.